The number of benzene rings is 2. The molecule has 3 N–H and O–H groups in total. The van der Waals surface area contributed by atoms with E-state index in [1.807, 2.05) is 54.6 Å². The van der Waals surface area contributed by atoms with Gasteiger partial charge < -0.3 is 15.0 Å². The van der Waals surface area contributed by atoms with Crippen molar-refractivity contribution in [3.8, 4) is 0 Å². The third kappa shape index (κ3) is 4.88. The Balaban J connectivity index is 1.23. The number of amidine groups is 1. The van der Waals surface area contributed by atoms with E-state index < -0.39 is 0 Å². The lowest BCUT2D eigenvalue weighted by atomic mass is 10.1. The predicted molar refractivity (Wildman–Crippen MR) is 130 cm³/mol. The molecular formula is C23H26N6O3S. The summed E-state index contributed by atoms with van der Waals surface area (Å²) in [5, 5.41) is 3.45. The zero-order valence-electron chi connectivity index (χ0n) is 18.1. The van der Waals surface area contributed by atoms with Crippen molar-refractivity contribution in [1.82, 2.24) is 10.9 Å². The standard InChI is InChI=1S/C23H26N6O3S/c30-20(25-16-6-8-17(9-7-16)28-10-12-32-13-11-28)15-33-23-26-21-19(14-24-27-21)22(31)29(23)18-4-2-1-3-5-18/h1-9,19,21,24,27H,10-15H2,(H,25,30). The normalized spacial score (nSPS) is 22.7. The Morgan fingerprint density at radius 3 is 2.61 bits per heavy atom. The minimum absolute atomic E-state index is 0.0275. The molecule has 0 aliphatic carbocycles. The monoisotopic (exact) mass is 466 g/mol. The van der Waals surface area contributed by atoms with E-state index in [0.717, 1.165) is 43.4 Å². The van der Waals surface area contributed by atoms with E-state index in [1.165, 1.54) is 11.8 Å². The van der Waals surface area contributed by atoms with Gasteiger partial charge in [-0.15, -0.1) is 0 Å². The molecule has 0 bridgehead atoms. The van der Waals surface area contributed by atoms with Crippen LogP contribution in [0, 0.1) is 5.92 Å². The average molecular weight is 467 g/mol. The van der Waals surface area contributed by atoms with Crippen LogP contribution in [0.5, 0.6) is 0 Å². The third-order valence-corrected chi connectivity index (χ3v) is 6.76. The SMILES string of the molecule is O=C(CSC1=NC2NNCC2C(=O)N1c1ccccc1)Nc1ccc(N2CCOCC2)cc1. The van der Waals surface area contributed by atoms with Crippen LogP contribution in [0.4, 0.5) is 17.1 Å². The molecule has 5 rings (SSSR count). The molecule has 0 radical (unpaired) electrons. The van der Waals surface area contributed by atoms with E-state index in [-0.39, 0.29) is 29.7 Å². The summed E-state index contributed by atoms with van der Waals surface area (Å²) in [7, 11) is 0. The first-order valence-corrected chi connectivity index (χ1v) is 12.0. The zero-order valence-corrected chi connectivity index (χ0v) is 18.9. The molecule has 0 saturated carbocycles. The number of para-hydroxylation sites is 1. The fourth-order valence-electron chi connectivity index (χ4n) is 4.09. The van der Waals surface area contributed by atoms with Crippen molar-refractivity contribution in [1.29, 1.82) is 0 Å². The molecule has 2 atom stereocenters. The Morgan fingerprint density at radius 1 is 1.09 bits per heavy atom. The quantitative estimate of drug-likeness (QED) is 0.616. The van der Waals surface area contributed by atoms with Crippen LogP contribution in [0.2, 0.25) is 0 Å². The van der Waals surface area contributed by atoms with Gasteiger partial charge in [-0.25, -0.2) is 10.4 Å². The Bertz CT molecular complexity index is 1030. The summed E-state index contributed by atoms with van der Waals surface area (Å²) in [6.45, 7) is 3.72. The highest BCUT2D eigenvalue weighted by Crippen LogP contribution is 2.29. The van der Waals surface area contributed by atoms with E-state index in [0.29, 0.717) is 11.7 Å². The summed E-state index contributed by atoms with van der Waals surface area (Å²) in [4.78, 5) is 34.4. The number of morpholine rings is 1. The smallest absolute Gasteiger partial charge is 0.241 e. The number of nitrogens with one attached hydrogen (secondary N) is 3. The second-order valence-corrected chi connectivity index (χ2v) is 8.92. The predicted octanol–water partition coefficient (Wildman–Crippen LogP) is 1.65. The van der Waals surface area contributed by atoms with Gasteiger partial charge in [-0.1, -0.05) is 30.0 Å². The van der Waals surface area contributed by atoms with Crippen LogP contribution in [0.3, 0.4) is 0 Å². The van der Waals surface area contributed by atoms with Crippen molar-refractivity contribution in [2.24, 2.45) is 10.9 Å². The molecule has 3 heterocycles. The Morgan fingerprint density at radius 2 is 1.85 bits per heavy atom. The van der Waals surface area contributed by atoms with Crippen molar-refractivity contribution in [3.05, 3.63) is 54.6 Å². The van der Waals surface area contributed by atoms with Crippen LogP contribution in [-0.2, 0) is 14.3 Å². The van der Waals surface area contributed by atoms with Gasteiger partial charge in [0.15, 0.2) is 5.17 Å². The van der Waals surface area contributed by atoms with Crippen molar-refractivity contribution in [2.45, 2.75) is 6.17 Å². The summed E-state index contributed by atoms with van der Waals surface area (Å²) in [5.74, 6) is -0.304. The van der Waals surface area contributed by atoms with E-state index in [4.69, 9.17) is 9.73 Å². The second kappa shape index (κ2) is 9.92. The van der Waals surface area contributed by atoms with Gasteiger partial charge in [0.05, 0.1) is 30.6 Å². The number of hydrazine groups is 1. The van der Waals surface area contributed by atoms with Crippen LogP contribution in [0.15, 0.2) is 59.6 Å². The molecule has 172 valence electrons. The summed E-state index contributed by atoms with van der Waals surface area (Å²) in [6.07, 6.45) is -0.323. The highest BCUT2D eigenvalue weighted by molar-refractivity contribution is 8.14. The molecule has 2 aromatic rings. The van der Waals surface area contributed by atoms with Crippen molar-refractivity contribution < 1.29 is 14.3 Å². The molecule has 9 nitrogen and oxygen atoms in total. The molecule has 2 fully saturated rings. The van der Waals surface area contributed by atoms with Gasteiger partial charge in [0.2, 0.25) is 11.8 Å². The molecule has 0 spiro atoms. The van der Waals surface area contributed by atoms with Crippen LogP contribution >= 0.6 is 11.8 Å². The van der Waals surface area contributed by atoms with Gasteiger partial charge in [0.25, 0.3) is 0 Å². The zero-order chi connectivity index (χ0) is 22.6. The van der Waals surface area contributed by atoms with Crippen LogP contribution in [-0.4, -0.2) is 61.7 Å². The number of amides is 2. The molecule has 2 amide bonds. The van der Waals surface area contributed by atoms with E-state index in [9.17, 15) is 9.59 Å². The largest absolute Gasteiger partial charge is 0.378 e. The summed E-state index contributed by atoms with van der Waals surface area (Å²) < 4.78 is 5.40. The Labute approximate surface area is 196 Å². The van der Waals surface area contributed by atoms with Crippen LogP contribution in [0.25, 0.3) is 0 Å². The van der Waals surface area contributed by atoms with E-state index in [2.05, 4.69) is 21.1 Å². The number of carbonyl (C=O) groups excluding carboxylic acids is 2. The minimum Gasteiger partial charge on any atom is -0.378 e. The second-order valence-electron chi connectivity index (χ2n) is 7.98. The maximum atomic E-state index is 13.2. The molecule has 33 heavy (non-hydrogen) atoms. The van der Waals surface area contributed by atoms with Crippen molar-refractivity contribution in [3.63, 3.8) is 0 Å². The van der Waals surface area contributed by atoms with Crippen LogP contribution in [0.1, 0.15) is 0 Å². The number of carbonyl (C=O) groups is 2. The Kier molecular flexibility index (Phi) is 6.58. The molecule has 2 unspecified atom stereocenters. The number of ether oxygens (including phenoxy) is 1. The number of aliphatic imine (C=N–C) groups is 1. The summed E-state index contributed by atoms with van der Waals surface area (Å²) >= 11 is 1.26. The van der Waals surface area contributed by atoms with Gasteiger partial charge in [0.1, 0.15) is 6.17 Å². The highest BCUT2D eigenvalue weighted by atomic mass is 32.2. The van der Waals surface area contributed by atoms with Gasteiger partial charge in [0, 0.05) is 31.0 Å². The average Bonchev–Trinajstić information content (AvgIpc) is 3.33. The number of fused-ring (bicyclic) bond motifs is 1. The number of hydrogen-bond acceptors (Lipinski definition) is 8. The van der Waals surface area contributed by atoms with Crippen molar-refractivity contribution in [2.75, 3.05) is 53.7 Å². The van der Waals surface area contributed by atoms with Gasteiger partial charge >= 0.3 is 0 Å². The lowest BCUT2D eigenvalue weighted by Crippen LogP contribution is -2.49. The first kappa shape index (κ1) is 21.9. The minimum atomic E-state index is -0.323. The molecular weight excluding hydrogens is 440 g/mol. The molecule has 2 saturated heterocycles. The first-order chi connectivity index (χ1) is 16.2. The molecule has 2 aromatic carbocycles. The fourth-order valence-corrected chi connectivity index (χ4v) is 4.93. The number of nitrogens with zero attached hydrogens (tertiary/aromatic N) is 3. The van der Waals surface area contributed by atoms with Gasteiger partial charge in [-0.2, -0.15) is 0 Å². The number of hydrogen-bond donors (Lipinski definition) is 3. The maximum absolute atomic E-state index is 13.2. The lowest BCUT2D eigenvalue weighted by molar-refractivity contribution is -0.121. The molecule has 3 aliphatic rings. The Hall–Kier alpha value is -2.92. The topological polar surface area (TPSA) is 98.3 Å². The lowest BCUT2D eigenvalue weighted by Gasteiger charge is -2.32. The molecule has 10 heteroatoms. The third-order valence-electron chi connectivity index (χ3n) is 5.81. The highest BCUT2D eigenvalue weighted by Gasteiger charge is 2.42. The van der Waals surface area contributed by atoms with Gasteiger partial charge in [-0.05, 0) is 36.4 Å². The molecule has 3 aliphatic heterocycles. The first-order valence-electron chi connectivity index (χ1n) is 11.0. The van der Waals surface area contributed by atoms with Gasteiger partial charge in [-0.3, -0.25) is 19.9 Å². The van der Waals surface area contributed by atoms with Crippen LogP contribution < -0.4 is 26.0 Å². The number of rotatable bonds is 5. The van der Waals surface area contributed by atoms with E-state index in [1.54, 1.807) is 4.90 Å². The molecule has 0 aromatic heterocycles. The van der Waals surface area contributed by atoms with Crippen molar-refractivity contribution >= 4 is 45.8 Å². The number of thioether (sulfide) groups is 1. The summed E-state index contributed by atoms with van der Waals surface area (Å²) in [6, 6.07) is 17.3. The number of anilines is 3. The maximum Gasteiger partial charge on any atom is 0.241 e. The fraction of sp³-hybridized carbons (Fsp3) is 0.348. The summed E-state index contributed by atoms with van der Waals surface area (Å²) in [5.41, 5.74) is 8.65. The van der Waals surface area contributed by atoms with E-state index >= 15 is 0 Å².